The lowest BCUT2D eigenvalue weighted by molar-refractivity contribution is -0.169. The highest BCUT2D eigenvalue weighted by atomic mass is 16.9. The van der Waals surface area contributed by atoms with E-state index in [2.05, 4.69) is 16.7 Å². The van der Waals surface area contributed by atoms with E-state index in [1.165, 1.54) is 0 Å². The second kappa shape index (κ2) is 13.1. The summed E-state index contributed by atoms with van der Waals surface area (Å²) in [6, 6.07) is 0. The lowest BCUT2D eigenvalue weighted by Gasteiger charge is -2.10. The van der Waals surface area contributed by atoms with Crippen LogP contribution in [0.1, 0.15) is 0 Å². The van der Waals surface area contributed by atoms with Crippen molar-refractivity contribution in [3.05, 3.63) is 0 Å². The maximum absolute atomic E-state index is 5.29. The van der Waals surface area contributed by atoms with E-state index < -0.39 is 0 Å². The van der Waals surface area contributed by atoms with E-state index in [0.717, 1.165) is 0 Å². The lowest BCUT2D eigenvalue weighted by Crippen LogP contribution is -2.38. The number of hydrogen-bond acceptors (Lipinski definition) is 9. The molecule has 0 aliphatic carbocycles. The normalized spacial score (nSPS) is 24.0. The fourth-order valence-corrected chi connectivity index (χ4v) is 1.04. The molecule has 0 radical (unpaired) electrons. The first-order valence-electron chi connectivity index (χ1n) is 5.81. The first-order chi connectivity index (χ1) is 9.00. The van der Waals surface area contributed by atoms with Crippen LogP contribution in [0.2, 0.25) is 0 Å². The largest absolute Gasteiger partial charge is 0.377 e. The quantitative estimate of drug-likeness (QED) is 0.484. The summed E-state index contributed by atoms with van der Waals surface area (Å²) >= 11 is 0. The van der Waals surface area contributed by atoms with Crippen molar-refractivity contribution in [2.75, 3.05) is 59.6 Å². The van der Waals surface area contributed by atoms with Gasteiger partial charge in [0, 0.05) is 0 Å². The van der Waals surface area contributed by atoms with E-state index in [1.54, 1.807) is 0 Å². The summed E-state index contributed by atoms with van der Waals surface area (Å²) < 4.78 is 21.0. The summed E-state index contributed by atoms with van der Waals surface area (Å²) in [4.78, 5) is 9.64. The number of hydrogen-bond donors (Lipinski definition) is 3. The van der Waals surface area contributed by atoms with Crippen molar-refractivity contribution in [2.45, 2.75) is 0 Å². The number of nitrogens with one attached hydrogen (secondary N) is 3. The molecule has 9 heteroatoms. The Kier molecular flexibility index (Phi) is 11.4. The van der Waals surface area contributed by atoms with Crippen molar-refractivity contribution in [2.24, 2.45) is 0 Å². The van der Waals surface area contributed by atoms with Gasteiger partial charge in [0.1, 0.15) is 6.73 Å². The minimum absolute atomic E-state index is 0.234. The molecule has 1 fully saturated rings. The molecule has 0 bridgehead atoms. The maximum atomic E-state index is 5.29. The fourth-order valence-electron chi connectivity index (χ4n) is 1.04. The summed E-state index contributed by atoms with van der Waals surface area (Å²) in [7, 11) is 0. The smallest absolute Gasteiger partial charge is 0.121 e. The molecule has 0 unspecified atom stereocenters. The molecule has 1 rings (SSSR count). The maximum Gasteiger partial charge on any atom is 0.121 e. The Bertz CT molecular complexity index is 101. The van der Waals surface area contributed by atoms with Crippen molar-refractivity contribution in [1.82, 2.24) is 16.7 Å². The number of hydroxylamine groups is 1. The summed E-state index contributed by atoms with van der Waals surface area (Å²) in [6.45, 7) is 4.23. The molecule has 0 saturated carbocycles. The van der Waals surface area contributed by atoms with Gasteiger partial charge in [-0.05, 0) is 0 Å². The van der Waals surface area contributed by atoms with Crippen molar-refractivity contribution < 1.29 is 28.7 Å². The zero-order valence-electron chi connectivity index (χ0n) is 10.3. The van der Waals surface area contributed by atoms with Crippen molar-refractivity contribution in [3.8, 4) is 0 Å². The van der Waals surface area contributed by atoms with Gasteiger partial charge < -0.3 is 18.9 Å². The van der Waals surface area contributed by atoms with Gasteiger partial charge in [0.25, 0.3) is 0 Å². The highest BCUT2D eigenvalue weighted by Crippen LogP contribution is 1.83. The van der Waals surface area contributed by atoms with Crippen molar-refractivity contribution >= 4 is 0 Å². The first kappa shape index (κ1) is 15.7. The van der Waals surface area contributed by atoms with Crippen LogP contribution in [0.3, 0.4) is 0 Å². The predicted octanol–water partition coefficient (Wildman–Crippen LogP) is -1.51. The third kappa shape index (κ3) is 10.8. The standard InChI is InChI=1S/C9H21N3O6/c1-2-14-5-6-16-9-10-18-12-11-17-8-7-15-4-3-13-1/h10-12H,1-9H2. The number of ether oxygens (including phenoxy) is 4. The van der Waals surface area contributed by atoms with Gasteiger partial charge in [0.2, 0.25) is 0 Å². The number of rotatable bonds is 0. The molecule has 108 valence electrons. The molecule has 0 spiro atoms. The third-order valence-electron chi connectivity index (χ3n) is 1.84. The summed E-state index contributed by atoms with van der Waals surface area (Å²) in [5.41, 5.74) is 7.18. The van der Waals surface area contributed by atoms with Gasteiger partial charge in [-0.2, -0.15) is 10.4 Å². The van der Waals surface area contributed by atoms with Gasteiger partial charge in [-0.15, -0.1) is 5.59 Å². The van der Waals surface area contributed by atoms with Crippen molar-refractivity contribution in [1.29, 1.82) is 0 Å². The van der Waals surface area contributed by atoms with Crippen LogP contribution in [0.5, 0.6) is 0 Å². The molecule has 0 aromatic carbocycles. The highest BCUT2D eigenvalue weighted by Gasteiger charge is 1.94. The van der Waals surface area contributed by atoms with Crippen LogP contribution in [-0.4, -0.2) is 59.6 Å². The average Bonchev–Trinajstić information content (AvgIpc) is 2.39. The Morgan fingerprint density at radius 3 is 1.78 bits per heavy atom. The molecule has 9 nitrogen and oxygen atoms in total. The molecule has 1 aliphatic heterocycles. The summed E-state index contributed by atoms with van der Waals surface area (Å²) in [5.74, 6) is 0. The Morgan fingerprint density at radius 1 is 0.556 bits per heavy atom. The van der Waals surface area contributed by atoms with E-state index in [4.69, 9.17) is 28.7 Å². The van der Waals surface area contributed by atoms with Crippen LogP contribution in [-0.2, 0) is 28.7 Å². The zero-order chi connectivity index (χ0) is 12.7. The summed E-state index contributed by atoms with van der Waals surface area (Å²) in [5, 5.41) is 0. The van der Waals surface area contributed by atoms with E-state index in [9.17, 15) is 0 Å². The number of hydrazine groups is 1. The summed E-state index contributed by atoms with van der Waals surface area (Å²) in [6.07, 6.45) is 0. The molecule has 0 aromatic heterocycles. The van der Waals surface area contributed by atoms with E-state index >= 15 is 0 Å². The molecule has 3 N–H and O–H groups in total. The molecule has 0 amide bonds. The first-order valence-corrected chi connectivity index (χ1v) is 5.81. The molecular formula is C9H21N3O6. The van der Waals surface area contributed by atoms with Crippen LogP contribution < -0.4 is 16.7 Å². The van der Waals surface area contributed by atoms with Crippen LogP contribution in [0.15, 0.2) is 0 Å². The van der Waals surface area contributed by atoms with Crippen LogP contribution in [0, 0.1) is 0 Å². The van der Waals surface area contributed by atoms with Gasteiger partial charge in [-0.1, -0.05) is 5.59 Å². The van der Waals surface area contributed by atoms with Gasteiger partial charge in [-0.3, -0.25) is 4.84 Å². The fraction of sp³-hybridized carbons (Fsp3) is 1.00. The molecule has 1 saturated heterocycles. The predicted molar refractivity (Wildman–Crippen MR) is 59.7 cm³/mol. The van der Waals surface area contributed by atoms with E-state index in [-0.39, 0.29) is 6.73 Å². The molecule has 1 heterocycles. The van der Waals surface area contributed by atoms with Gasteiger partial charge in [-0.25, -0.2) is 0 Å². The van der Waals surface area contributed by atoms with E-state index in [0.29, 0.717) is 52.9 Å². The third-order valence-corrected chi connectivity index (χ3v) is 1.84. The Balaban J connectivity index is 2.00. The average molecular weight is 267 g/mol. The minimum Gasteiger partial charge on any atom is -0.377 e. The minimum atomic E-state index is 0.234. The molecule has 18 heavy (non-hydrogen) atoms. The Morgan fingerprint density at radius 2 is 1.11 bits per heavy atom. The molecule has 1 aliphatic rings. The van der Waals surface area contributed by atoms with Crippen LogP contribution >= 0.6 is 0 Å². The van der Waals surface area contributed by atoms with Crippen LogP contribution in [0.4, 0.5) is 0 Å². The second-order valence-corrected chi connectivity index (χ2v) is 3.19. The monoisotopic (exact) mass is 267 g/mol. The SMILES string of the molecule is C1COCCOCNONNOCCOCCO1. The van der Waals surface area contributed by atoms with Gasteiger partial charge in [0.15, 0.2) is 0 Å². The zero-order valence-corrected chi connectivity index (χ0v) is 10.3. The Hall–Kier alpha value is -0.360. The molecule has 0 atom stereocenters. The Labute approximate surface area is 106 Å². The van der Waals surface area contributed by atoms with Crippen LogP contribution in [0.25, 0.3) is 0 Å². The van der Waals surface area contributed by atoms with Gasteiger partial charge >= 0.3 is 0 Å². The van der Waals surface area contributed by atoms with Crippen molar-refractivity contribution in [3.63, 3.8) is 0 Å². The highest BCUT2D eigenvalue weighted by molar-refractivity contribution is 4.34. The molecular weight excluding hydrogens is 246 g/mol. The van der Waals surface area contributed by atoms with E-state index in [1.807, 2.05) is 0 Å². The molecule has 0 aromatic rings. The lowest BCUT2D eigenvalue weighted by atomic mass is 10.7. The van der Waals surface area contributed by atoms with Gasteiger partial charge in [0.05, 0.1) is 52.9 Å². The topological polar surface area (TPSA) is 91.5 Å². The second-order valence-electron chi connectivity index (χ2n) is 3.19.